The normalized spacial score (nSPS) is 16.7. The zero-order valence-corrected chi connectivity index (χ0v) is 18.6. The summed E-state index contributed by atoms with van der Waals surface area (Å²) < 4.78 is 7.81. The van der Waals surface area contributed by atoms with Crippen LogP contribution in [0.4, 0.5) is 5.69 Å². The highest BCUT2D eigenvalue weighted by Crippen LogP contribution is 2.32. The van der Waals surface area contributed by atoms with Crippen molar-refractivity contribution in [3.8, 4) is 0 Å². The molecule has 2 aromatic rings. The number of nitrogens with one attached hydrogen (secondary N) is 1. The second-order valence-corrected chi connectivity index (χ2v) is 8.99. The molecule has 1 amide bonds. The molecule has 1 N–H and O–H groups in total. The highest BCUT2D eigenvalue weighted by Gasteiger charge is 2.22. The molecule has 3 rings (SSSR count). The minimum Gasteiger partial charge on any atom is -0.376 e. The summed E-state index contributed by atoms with van der Waals surface area (Å²) in [6, 6.07) is 3.03. The number of thioether (sulfide) groups is 1. The summed E-state index contributed by atoms with van der Waals surface area (Å²) in [5.74, 6) is 1.07. The maximum absolute atomic E-state index is 12.4. The van der Waals surface area contributed by atoms with Crippen molar-refractivity contribution in [1.29, 1.82) is 0 Å². The monoisotopic (exact) mass is 462 g/mol. The molecule has 0 spiro atoms. The quantitative estimate of drug-likeness (QED) is 0.447. The molecule has 28 heavy (non-hydrogen) atoms. The third kappa shape index (κ3) is 5.33. The lowest BCUT2D eigenvalue weighted by molar-refractivity contribution is -0.113. The third-order valence-electron chi connectivity index (χ3n) is 4.29. The van der Waals surface area contributed by atoms with Crippen LogP contribution in [0.25, 0.3) is 0 Å². The highest BCUT2D eigenvalue weighted by atomic mass is 35.5. The number of hydrogen-bond donors (Lipinski definition) is 1. The van der Waals surface area contributed by atoms with E-state index in [0.29, 0.717) is 32.5 Å². The number of anilines is 1. The number of halogens is 3. The number of aromatic nitrogens is 3. The largest absolute Gasteiger partial charge is 0.376 e. The fourth-order valence-corrected chi connectivity index (χ4v) is 4.28. The lowest BCUT2D eigenvalue weighted by Gasteiger charge is -2.16. The van der Waals surface area contributed by atoms with Gasteiger partial charge in [-0.2, -0.15) is 0 Å². The van der Waals surface area contributed by atoms with E-state index in [4.69, 9.17) is 39.5 Å². The maximum atomic E-state index is 12.4. The average Bonchev–Trinajstić information content (AvgIpc) is 3.28. The van der Waals surface area contributed by atoms with Crippen molar-refractivity contribution >= 4 is 58.2 Å². The van der Waals surface area contributed by atoms with Gasteiger partial charge in [0.05, 0.1) is 39.2 Å². The van der Waals surface area contributed by atoms with Crippen molar-refractivity contribution in [3.05, 3.63) is 33.0 Å². The van der Waals surface area contributed by atoms with Crippen LogP contribution in [0.5, 0.6) is 0 Å². The fourth-order valence-electron chi connectivity index (χ4n) is 2.93. The molecule has 1 aromatic carbocycles. The van der Waals surface area contributed by atoms with E-state index in [0.717, 1.165) is 25.3 Å². The first-order chi connectivity index (χ1) is 13.3. The van der Waals surface area contributed by atoms with Crippen molar-refractivity contribution < 1.29 is 9.53 Å². The van der Waals surface area contributed by atoms with Gasteiger partial charge in [-0.3, -0.25) is 4.79 Å². The summed E-state index contributed by atoms with van der Waals surface area (Å²) >= 11 is 19.4. The Morgan fingerprint density at radius 3 is 2.71 bits per heavy atom. The topological polar surface area (TPSA) is 69.0 Å². The van der Waals surface area contributed by atoms with Crippen LogP contribution in [0.15, 0.2) is 17.3 Å². The highest BCUT2D eigenvalue weighted by molar-refractivity contribution is 7.99. The summed E-state index contributed by atoms with van der Waals surface area (Å²) in [6.45, 7) is 5.63. The van der Waals surface area contributed by atoms with Crippen LogP contribution in [0, 0.1) is 0 Å². The fraction of sp³-hybridized carbons (Fsp3) is 0.500. The van der Waals surface area contributed by atoms with E-state index >= 15 is 0 Å². The van der Waals surface area contributed by atoms with E-state index < -0.39 is 0 Å². The first kappa shape index (κ1) is 21.7. The molecule has 0 radical (unpaired) electrons. The van der Waals surface area contributed by atoms with Crippen LogP contribution in [0.2, 0.25) is 15.1 Å². The van der Waals surface area contributed by atoms with E-state index in [1.54, 1.807) is 0 Å². The van der Waals surface area contributed by atoms with Gasteiger partial charge in [0.15, 0.2) is 5.16 Å². The molecule has 1 saturated heterocycles. The summed E-state index contributed by atoms with van der Waals surface area (Å²) in [4.78, 5) is 12.4. The second-order valence-electron chi connectivity index (χ2n) is 6.82. The first-order valence-corrected chi connectivity index (χ1v) is 11.1. The van der Waals surface area contributed by atoms with Gasteiger partial charge in [0.25, 0.3) is 0 Å². The van der Waals surface area contributed by atoms with Crippen LogP contribution in [0.1, 0.15) is 38.4 Å². The zero-order chi connectivity index (χ0) is 20.3. The molecular formula is C18H21Cl3N4O2S. The van der Waals surface area contributed by atoms with Gasteiger partial charge in [0.2, 0.25) is 5.91 Å². The van der Waals surface area contributed by atoms with Crippen LogP contribution in [-0.4, -0.2) is 39.1 Å². The third-order valence-corrected chi connectivity index (χ3v) is 6.29. The smallest absolute Gasteiger partial charge is 0.234 e. The van der Waals surface area contributed by atoms with Crippen LogP contribution in [0.3, 0.4) is 0 Å². The number of rotatable bonds is 7. The molecule has 152 valence electrons. The Morgan fingerprint density at radius 2 is 2.04 bits per heavy atom. The number of hydrogen-bond acceptors (Lipinski definition) is 5. The zero-order valence-electron chi connectivity index (χ0n) is 15.5. The van der Waals surface area contributed by atoms with E-state index in [-0.39, 0.29) is 23.7 Å². The molecule has 0 saturated carbocycles. The standard InChI is InChI=1S/C18H21Cl3N4O2S/c1-10(2)17-23-24-18(25(17)8-11-4-3-5-27-11)28-9-16(26)22-15-7-13(20)12(19)6-14(15)21/h6-7,10-11H,3-5,8-9H2,1-2H3,(H,22,26). The SMILES string of the molecule is CC(C)c1nnc(SCC(=O)Nc2cc(Cl)c(Cl)cc2Cl)n1CC1CCCO1. The van der Waals surface area contributed by atoms with E-state index in [9.17, 15) is 4.79 Å². The van der Waals surface area contributed by atoms with E-state index in [1.807, 2.05) is 0 Å². The number of nitrogens with zero attached hydrogens (tertiary/aromatic N) is 3. The van der Waals surface area contributed by atoms with Gasteiger partial charge >= 0.3 is 0 Å². The molecule has 6 nitrogen and oxygen atoms in total. The number of benzene rings is 1. The first-order valence-electron chi connectivity index (χ1n) is 8.97. The molecule has 1 aromatic heterocycles. The van der Waals surface area contributed by atoms with Gasteiger partial charge in [-0.05, 0) is 25.0 Å². The van der Waals surface area contributed by atoms with Crippen molar-refractivity contribution in [1.82, 2.24) is 14.8 Å². The van der Waals surface area contributed by atoms with Gasteiger partial charge in [-0.25, -0.2) is 0 Å². The van der Waals surface area contributed by atoms with Crippen molar-refractivity contribution in [2.45, 2.75) is 50.4 Å². The van der Waals surface area contributed by atoms with Crippen molar-refractivity contribution in [2.75, 3.05) is 17.7 Å². The van der Waals surface area contributed by atoms with Crippen molar-refractivity contribution in [2.24, 2.45) is 0 Å². The predicted octanol–water partition coefficient (Wildman–Crippen LogP) is 5.27. The van der Waals surface area contributed by atoms with Gasteiger partial charge in [-0.15, -0.1) is 10.2 Å². The number of carbonyl (C=O) groups excluding carboxylic acids is 1. The maximum Gasteiger partial charge on any atom is 0.234 e. The molecule has 2 heterocycles. The Bertz CT molecular complexity index is 854. The Balaban J connectivity index is 1.66. The number of carbonyl (C=O) groups is 1. The Morgan fingerprint density at radius 1 is 1.29 bits per heavy atom. The number of amides is 1. The second kappa shape index (κ2) is 9.67. The summed E-state index contributed by atoms with van der Waals surface area (Å²) in [6.07, 6.45) is 2.26. The van der Waals surface area contributed by atoms with Gasteiger partial charge in [0.1, 0.15) is 5.82 Å². The molecule has 1 aliphatic heterocycles. The lowest BCUT2D eigenvalue weighted by atomic mass is 10.2. The molecule has 1 unspecified atom stereocenters. The van der Waals surface area contributed by atoms with Crippen LogP contribution in [-0.2, 0) is 16.1 Å². The van der Waals surface area contributed by atoms with E-state index in [2.05, 4.69) is 33.9 Å². The Kier molecular flexibility index (Phi) is 7.50. The van der Waals surface area contributed by atoms with Crippen molar-refractivity contribution in [3.63, 3.8) is 0 Å². The summed E-state index contributed by atoms with van der Waals surface area (Å²) in [7, 11) is 0. The Hall–Kier alpha value is -0.990. The minimum atomic E-state index is -0.219. The Labute approximate surface area is 183 Å². The molecule has 1 fully saturated rings. The van der Waals surface area contributed by atoms with Gasteiger partial charge < -0.3 is 14.6 Å². The minimum absolute atomic E-state index is 0.164. The van der Waals surface area contributed by atoms with Gasteiger partial charge in [0, 0.05) is 12.5 Å². The molecule has 0 aliphatic carbocycles. The van der Waals surface area contributed by atoms with Crippen LogP contribution < -0.4 is 5.32 Å². The molecular weight excluding hydrogens is 443 g/mol. The predicted molar refractivity (Wildman–Crippen MR) is 114 cm³/mol. The average molecular weight is 464 g/mol. The van der Waals surface area contributed by atoms with Gasteiger partial charge in [-0.1, -0.05) is 60.4 Å². The van der Waals surface area contributed by atoms with E-state index in [1.165, 1.54) is 23.9 Å². The molecule has 10 heteroatoms. The molecule has 0 bridgehead atoms. The lowest BCUT2D eigenvalue weighted by Crippen LogP contribution is -2.19. The molecule has 1 atom stereocenters. The van der Waals surface area contributed by atoms with Crippen LogP contribution >= 0.6 is 46.6 Å². The molecule has 1 aliphatic rings. The summed E-state index contributed by atoms with van der Waals surface area (Å²) in [5, 5.41) is 13.0. The number of ether oxygens (including phenoxy) is 1. The summed E-state index contributed by atoms with van der Waals surface area (Å²) in [5.41, 5.74) is 0.422.